The van der Waals surface area contributed by atoms with Crippen molar-refractivity contribution in [3.8, 4) is 0 Å². The van der Waals surface area contributed by atoms with Crippen LogP contribution in [-0.4, -0.2) is 93.2 Å². The van der Waals surface area contributed by atoms with E-state index >= 15 is 0 Å². The van der Waals surface area contributed by atoms with Crippen LogP contribution in [0, 0.1) is 5.92 Å². The number of anilines is 1. The summed E-state index contributed by atoms with van der Waals surface area (Å²) in [6.45, 7) is 8.82. The summed E-state index contributed by atoms with van der Waals surface area (Å²) in [4.78, 5) is 40.1. The Morgan fingerprint density at radius 3 is 2.48 bits per heavy atom. The van der Waals surface area contributed by atoms with Crippen molar-refractivity contribution in [3.63, 3.8) is 0 Å². The summed E-state index contributed by atoms with van der Waals surface area (Å²) >= 11 is 0. The monoisotopic (exact) mass is 428 g/mol. The number of piperidine rings is 1. The fraction of sp³-hybridized carbons (Fsp3) is 0.667. The Bertz CT molecular complexity index is 927. The van der Waals surface area contributed by atoms with Crippen molar-refractivity contribution >= 4 is 28.7 Å². The molecule has 2 aliphatic rings. The fourth-order valence-electron chi connectivity index (χ4n) is 4.42. The summed E-state index contributed by atoms with van der Waals surface area (Å²) in [7, 11) is 1.87. The largest absolute Gasteiger partial charge is 0.354 e. The van der Waals surface area contributed by atoms with Gasteiger partial charge in [0.15, 0.2) is 5.65 Å². The maximum absolute atomic E-state index is 12.8. The molecule has 0 saturated carbocycles. The van der Waals surface area contributed by atoms with Gasteiger partial charge < -0.3 is 15.1 Å². The number of carbonyl (C=O) groups is 2. The number of aromatic nitrogens is 4. The molecule has 0 radical (unpaired) electrons. The van der Waals surface area contributed by atoms with Gasteiger partial charge in [-0.3, -0.25) is 19.2 Å². The van der Waals surface area contributed by atoms with E-state index in [1.54, 1.807) is 17.2 Å². The second-order valence-corrected chi connectivity index (χ2v) is 8.78. The zero-order valence-electron chi connectivity index (χ0n) is 18.6. The van der Waals surface area contributed by atoms with Crippen molar-refractivity contribution in [3.05, 3.63) is 12.5 Å². The molecule has 2 aliphatic heterocycles. The quantitative estimate of drug-likeness (QED) is 0.729. The standard InChI is InChI=1S/C21H32N8O2/c1-15(2)25-21(31)16-4-6-27(7-5-16)13-18(30)28-8-10-29(11-9-28)20-17-12-24-26(3)19(17)22-14-23-20/h12,14-16H,4-11,13H2,1-3H3,(H,25,31). The van der Waals surface area contributed by atoms with E-state index in [0.717, 1.165) is 55.9 Å². The first-order chi connectivity index (χ1) is 14.9. The van der Waals surface area contributed by atoms with Crippen LogP contribution >= 0.6 is 0 Å². The average molecular weight is 429 g/mol. The molecule has 0 aliphatic carbocycles. The van der Waals surface area contributed by atoms with Gasteiger partial charge in [-0.2, -0.15) is 5.10 Å². The predicted octanol–water partition coefficient (Wildman–Crippen LogP) is 0.249. The topological polar surface area (TPSA) is 99.5 Å². The first kappa shape index (κ1) is 21.5. The van der Waals surface area contributed by atoms with Gasteiger partial charge in [-0.1, -0.05) is 0 Å². The molecular weight excluding hydrogens is 396 g/mol. The second kappa shape index (κ2) is 9.17. The minimum absolute atomic E-state index is 0.0643. The van der Waals surface area contributed by atoms with E-state index < -0.39 is 0 Å². The third-order valence-electron chi connectivity index (χ3n) is 6.19. The third-order valence-corrected chi connectivity index (χ3v) is 6.19. The van der Waals surface area contributed by atoms with E-state index in [1.165, 1.54) is 0 Å². The zero-order chi connectivity index (χ0) is 22.0. The van der Waals surface area contributed by atoms with Crippen LogP contribution in [0.2, 0.25) is 0 Å². The van der Waals surface area contributed by atoms with Crippen molar-refractivity contribution < 1.29 is 9.59 Å². The third kappa shape index (κ3) is 4.79. The molecule has 1 N–H and O–H groups in total. The lowest BCUT2D eigenvalue weighted by molar-refractivity contribution is -0.133. The molecular formula is C21H32N8O2. The highest BCUT2D eigenvalue weighted by Gasteiger charge is 2.29. The average Bonchev–Trinajstić information content (AvgIpc) is 3.15. The number of amides is 2. The van der Waals surface area contributed by atoms with Crippen LogP contribution in [0.5, 0.6) is 0 Å². The van der Waals surface area contributed by atoms with Gasteiger partial charge in [0, 0.05) is 45.2 Å². The molecule has 2 aromatic heterocycles. The molecule has 0 aromatic carbocycles. The summed E-state index contributed by atoms with van der Waals surface area (Å²) in [6, 6.07) is 0.169. The molecule has 0 unspecified atom stereocenters. The van der Waals surface area contributed by atoms with Gasteiger partial charge in [0.05, 0.1) is 18.1 Å². The van der Waals surface area contributed by atoms with Crippen LogP contribution in [0.1, 0.15) is 26.7 Å². The minimum Gasteiger partial charge on any atom is -0.354 e. The Balaban J connectivity index is 1.26. The summed E-state index contributed by atoms with van der Waals surface area (Å²) in [6.07, 6.45) is 5.00. The van der Waals surface area contributed by atoms with Crippen LogP contribution in [0.3, 0.4) is 0 Å². The summed E-state index contributed by atoms with van der Waals surface area (Å²) in [5.74, 6) is 1.25. The van der Waals surface area contributed by atoms with Crippen molar-refractivity contribution in [1.82, 2.24) is 34.9 Å². The normalized spacial score (nSPS) is 18.7. The number of carbonyl (C=O) groups excluding carboxylic acids is 2. The molecule has 2 saturated heterocycles. The number of likely N-dealkylation sites (tertiary alicyclic amines) is 1. The van der Waals surface area contributed by atoms with E-state index in [9.17, 15) is 9.59 Å². The summed E-state index contributed by atoms with van der Waals surface area (Å²) < 4.78 is 1.75. The number of hydrogen-bond acceptors (Lipinski definition) is 7. The Labute approximate surface area is 182 Å². The van der Waals surface area contributed by atoms with Crippen LogP contribution in [-0.2, 0) is 16.6 Å². The molecule has 10 nitrogen and oxygen atoms in total. The lowest BCUT2D eigenvalue weighted by atomic mass is 9.95. The maximum Gasteiger partial charge on any atom is 0.236 e. The van der Waals surface area contributed by atoms with Crippen molar-refractivity contribution in [2.75, 3.05) is 50.7 Å². The Morgan fingerprint density at radius 2 is 1.81 bits per heavy atom. The number of hydrogen-bond donors (Lipinski definition) is 1. The van der Waals surface area contributed by atoms with Crippen molar-refractivity contribution in [2.45, 2.75) is 32.7 Å². The fourth-order valence-corrected chi connectivity index (χ4v) is 4.42. The van der Waals surface area contributed by atoms with Crippen LogP contribution in [0.25, 0.3) is 11.0 Å². The zero-order valence-corrected chi connectivity index (χ0v) is 18.6. The molecule has 31 heavy (non-hydrogen) atoms. The molecule has 2 amide bonds. The molecule has 2 fully saturated rings. The number of nitrogens with one attached hydrogen (secondary N) is 1. The van der Waals surface area contributed by atoms with E-state index in [0.29, 0.717) is 19.6 Å². The lowest BCUT2D eigenvalue weighted by Gasteiger charge is -2.37. The second-order valence-electron chi connectivity index (χ2n) is 8.78. The SMILES string of the molecule is CC(C)NC(=O)C1CCN(CC(=O)N2CCN(c3ncnc4c3cnn4C)CC2)CC1. The van der Waals surface area contributed by atoms with E-state index in [2.05, 4.69) is 30.2 Å². The number of piperazine rings is 1. The lowest BCUT2D eigenvalue weighted by Crippen LogP contribution is -2.52. The van der Waals surface area contributed by atoms with Gasteiger partial charge in [0.2, 0.25) is 11.8 Å². The molecule has 0 atom stereocenters. The number of aryl methyl sites for hydroxylation is 1. The minimum atomic E-state index is 0.0643. The molecule has 2 aromatic rings. The highest BCUT2D eigenvalue weighted by Crippen LogP contribution is 2.23. The molecule has 4 rings (SSSR count). The van der Waals surface area contributed by atoms with Gasteiger partial charge in [0.1, 0.15) is 12.1 Å². The van der Waals surface area contributed by atoms with Gasteiger partial charge >= 0.3 is 0 Å². The smallest absolute Gasteiger partial charge is 0.236 e. The molecule has 168 valence electrons. The van der Waals surface area contributed by atoms with Crippen LogP contribution < -0.4 is 10.2 Å². The highest BCUT2D eigenvalue weighted by atomic mass is 16.2. The first-order valence-electron chi connectivity index (χ1n) is 11.1. The van der Waals surface area contributed by atoms with Gasteiger partial charge in [0.25, 0.3) is 0 Å². The first-order valence-corrected chi connectivity index (χ1v) is 11.1. The van der Waals surface area contributed by atoms with Gasteiger partial charge in [-0.25, -0.2) is 9.97 Å². The Kier molecular flexibility index (Phi) is 6.35. The van der Waals surface area contributed by atoms with Crippen molar-refractivity contribution in [2.24, 2.45) is 13.0 Å². The molecule has 4 heterocycles. The Morgan fingerprint density at radius 1 is 1.10 bits per heavy atom. The molecule has 0 spiro atoms. The van der Waals surface area contributed by atoms with E-state index in [4.69, 9.17) is 0 Å². The number of rotatable bonds is 5. The summed E-state index contributed by atoms with van der Waals surface area (Å²) in [5, 5.41) is 8.22. The predicted molar refractivity (Wildman–Crippen MR) is 118 cm³/mol. The van der Waals surface area contributed by atoms with Crippen LogP contribution in [0.15, 0.2) is 12.5 Å². The van der Waals surface area contributed by atoms with Gasteiger partial charge in [-0.05, 0) is 39.8 Å². The van der Waals surface area contributed by atoms with Gasteiger partial charge in [-0.15, -0.1) is 0 Å². The van der Waals surface area contributed by atoms with E-state index in [-0.39, 0.29) is 23.8 Å². The maximum atomic E-state index is 12.8. The van der Waals surface area contributed by atoms with Crippen LogP contribution in [0.4, 0.5) is 5.82 Å². The molecule has 10 heteroatoms. The number of fused-ring (bicyclic) bond motifs is 1. The number of nitrogens with zero attached hydrogens (tertiary/aromatic N) is 7. The van der Waals surface area contributed by atoms with Crippen molar-refractivity contribution in [1.29, 1.82) is 0 Å². The molecule has 0 bridgehead atoms. The summed E-state index contributed by atoms with van der Waals surface area (Å²) in [5.41, 5.74) is 0.814. The van der Waals surface area contributed by atoms with E-state index in [1.807, 2.05) is 25.8 Å². The Hall–Kier alpha value is -2.75. The highest BCUT2D eigenvalue weighted by molar-refractivity contribution is 5.87.